The number of hydrogen-bond acceptors (Lipinski definition) is 8. The minimum absolute atomic E-state index is 0.0304. The molecule has 0 aliphatic rings. The van der Waals surface area contributed by atoms with Crippen LogP contribution in [-0.4, -0.2) is 76.5 Å². The molecule has 0 spiro atoms. The molecule has 0 rings (SSSR count). The smallest absolute Gasteiger partial charge is 0.328 e. The predicted octanol–water partition coefficient (Wildman–Crippen LogP) is -3.58. The molecule has 5 unspecified atom stereocenters. The highest BCUT2D eigenvalue weighted by Gasteiger charge is 2.32. The highest BCUT2D eigenvalue weighted by molar-refractivity contribution is 5.94. The van der Waals surface area contributed by atoms with Gasteiger partial charge in [0.2, 0.25) is 29.5 Å². The first kappa shape index (κ1) is 29.7. The third-order valence-electron chi connectivity index (χ3n) is 4.94. The van der Waals surface area contributed by atoms with E-state index in [2.05, 4.69) is 16.0 Å². The summed E-state index contributed by atoms with van der Waals surface area (Å²) in [6, 6.07) is -5.23. The molecule has 0 radical (unpaired) electrons. The minimum atomic E-state index is -1.63. The molecule has 0 bridgehead atoms. The van der Waals surface area contributed by atoms with Gasteiger partial charge in [-0.3, -0.25) is 24.0 Å². The van der Waals surface area contributed by atoms with Gasteiger partial charge in [-0.2, -0.15) is 0 Å². The number of rotatable bonds is 16. The van der Waals surface area contributed by atoms with Gasteiger partial charge in [0.1, 0.15) is 18.1 Å². The number of nitrogens with one attached hydrogen (secondary N) is 3. The Morgan fingerprint density at radius 1 is 0.818 bits per heavy atom. The zero-order valence-electron chi connectivity index (χ0n) is 18.7. The second kappa shape index (κ2) is 14.7. The monoisotopic (exact) mass is 474 g/mol. The zero-order valence-corrected chi connectivity index (χ0v) is 18.7. The van der Waals surface area contributed by atoms with Crippen molar-refractivity contribution in [3.8, 4) is 0 Å². The van der Waals surface area contributed by atoms with Gasteiger partial charge >= 0.3 is 5.97 Å². The summed E-state index contributed by atoms with van der Waals surface area (Å²) in [5.41, 5.74) is 15.9. The number of carboxylic acid groups (broad SMARTS) is 1. The van der Waals surface area contributed by atoms with Crippen LogP contribution in [0.4, 0.5) is 0 Å². The van der Waals surface area contributed by atoms with Crippen LogP contribution in [0, 0.1) is 5.92 Å². The maximum absolute atomic E-state index is 12.9. The van der Waals surface area contributed by atoms with E-state index >= 15 is 0 Å². The van der Waals surface area contributed by atoms with Crippen molar-refractivity contribution in [3.63, 3.8) is 0 Å². The molecular formula is C19H34N6O8. The topological polar surface area (TPSA) is 257 Å². The Morgan fingerprint density at radius 2 is 1.33 bits per heavy atom. The van der Waals surface area contributed by atoms with E-state index in [9.17, 15) is 28.8 Å². The molecule has 0 aliphatic carbocycles. The summed E-state index contributed by atoms with van der Waals surface area (Å²) in [7, 11) is 0. The molecule has 14 nitrogen and oxygen atoms in total. The number of hydrogen-bond donors (Lipinski definition) is 8. The van der Waals surface area contributed by atoms with Crippen molar-refractivity contribution in [2.24, 2.45) is 23.1 Å². The Balaban J connectivity index is 5.50. The number of amides is 5. The summed E-state index contributed by atoms with van der Waals surface area (Å²) in [6.07, 6.45) is -0.243. The summed E-state index contributed by atoms with van der Waals surface area (Å²) in [6.45, 7) is 2.54. The van der Waals surface area contributed by atoms with E-state index in [1.54, 1.807) is 13.8 Å². The van der Waals surface area contributed by atoms with Crippen molar-refractivity contribution >= 4 is 35.5 Å². The lowest BCUT2D eigenvalue weighted by Crippen LogP contribution is -2.59. The van der Waals surface area contributed by atoms with Crippen LogP contribution in [0.2, 0.25) is 0 Å². The summed E-state index contributed by atoms with van der Waals surface area (Å²) >= 11 is 0. The Kier molecular flexibility index (Phi) is 13.3. The van der Waals surface area contributed by atoms with Crippen molar-refractivity contribution < 1.29 is 39.0 Å². The number of carbonyl (C=O) groups is 6. The fourth-order valence-electron chi connectivity index (χ4n) is 2.67. The average molecular weight is 475 g/mol. The number of carbonyl (C=O) groups excluding carboxylic acids is 5. The van der Waals surface area contributed by atoms with Crippen LogP contribution < -0.4 is 33.2 Å². The molecule has 14 heteroatoms. The molecule has 0 saturated heterocycles. The fourth-order valence-corrected chi connectivity index (χ4v) is 2.67. The summed E-state index contributed by atoms with van der Waals surface area (Å²) in [5, 5.41) is 25.0. The second-order valence-electron chi connectivity index (χ2n) is 7.63. The van der Waals surface area contributed by atoms with Gasteiger partial charge in [-0.05, 0) is 18.8 Å². The Hall–Kier alpha value is -3.26. The molecule has 0 aliphatic heterocycles. The molecule has 188 valence electrons. The molecule has 0 aromatic carbocycles. The van der Waals surface area contributed by atoms with E-state index < -0.39 is 72.2 Å². The van der Waals surface area contributed by atoms with Gasteiger partial charge in [0.05, 0.1) is 12.6 Å². The standard InChI is InChI=1S/C19H34N6O8/c1-3-9(2)15(25-16(29)10(20)4-6-13(21)27)18(31)23-11(5-7-14(22)28)17(30)24-12(8-26)19(32)33/h9-12,15,26H,3-8,20H2,1-2H3,(H2,21,27)(H2,22,28)(H,23,31)(H,24,30)(H,25,29)(H,32,33). The summed E-state index contributed by atoms with van der Waals surface area (Å²) < 4.78 is 0. The van der Waals surface area contributed by atoms with Crippen LogP contribution in [0.5, 0.6) is 0 Å². The van der Waals surface area contributed by atoms with Crippen molar-refractivity contribution in [2.45, 2.75) is 70.1 Å². The maximum Gasteiger partial charge on any atom is 0.328 e. The van der Waals surface area contributed by atoms with Gasteiger partial charge in [0.15, 0.2) is 0 Å². The van der Waals surface area contributed by atoms with E-state index in [0.29, 0.717) is 6.42 Å². The first-order chi connectivity index (χ1) is 15.3. The molecule has 0 heterocycles. The second-order valence-corrected chi connectivity index (χ2v) is 7.63. The van der Waals surface area contributed by atoms with Crippen molar-refractivity contribution in [3.05, 3.63) is 0 Å². The Morgan fingerprint density at radius 3 is 1.79 bits per heavy atom. The fraction of sp³-hybridized carbons (Fsp3) is 0.684. The molecule has 5 atom stereocenters. The lowest BCUT2D eigenvalue weighted by Gasteiger charge is -2.27. The van der Waals surface area contributed by atoms with Gasteiger partial charge in [-0.1, -0.05) is 20.3 Å². The third kappa shape index (κ3) is 11.2. The minimum Gasteiger partial charge on any atom is -0.480 e. The predicted molar refractivity (Wildman–Crippen MR) is 115 cm³/mol. The maximum atomic E-state index is 12.9. The highest BCUT2D eigenvalue weighted by Crippen LogP contribution is 2.10. The molecule has 5 amide bonds. The van der Waals surface area contributed by atoms with Gasteiger partial charge in [0.25, 0.3) is 0 Å². The Bertz CT molecular complexity index is 731. The van der Waals surface area contributed by atoms with Crippen molar-refractivity contribution in [1.29, 1.82) is 0 Å². The van der Waals surface area contributed by atoms with Crippen molar-refractivity contribution in [1.82, 2.24) is 16.0 Å². The number of nitrogens with two attached hydrogens (primary N) is 3. The number of primary amides is 2. The number of aliphatic carboxylic acids is 1. The lowest BCUT2D eigenvalue weighted by molar-refractivity contribution is -0.143. The molecule has 0 saturated carbocycles. The van der Waals surface area contributed by atoms with E-state index in [1.807, 2.05) is 0 Å². The average Bonchev–Trinajstić information content (AvgIpc) is 2.75. The van der Waals surface area contributed by atoms with E-state index in [4.69, 9.17) is 27.4 Å². The van der Waals surface area contributed by atoms with Gasteiger partial charge < -0.3 is 43.4 Å². The molecule has 0 fully saturated rings. The molecule has 33 heavy (non-hydrogen) atoms. The summed E-state index contributed by atoms with van der Waals surface area (Å²) in [4.78, 5) is 70.9. The van der Waals surface area contributed by atoms with Gasteiger partial charge in [-0.15, -0.1) is 0 Å². The van der Waals surface area contributed by atoms with Crippen LogP contribution >= 0.6 is 0 Å². The molecular weight excluding hydrogens is 440 g/mol. The molecule has 0 aromatic heterocycles. The SMILES string of the molecule is CCC(C)C(NC(=O)C(N)CCC(N)=O)C(=O)NC(CCC(N)=O)C(=O)NC(CO)C(=O)O. The lowest BCUT2D eigenvalue weighted by atomic mass is 9.96. The Labute approximate surface area is 191 Å². The largest absolute Gasteiger partial charge is 0.480 e. The van der Waals surface area contributed by atoms with E-state index in [1.165, 1.54) is 0 Å². The first-order valence-electron chi connectivity index (χ1n) is 10.4. The van der Waals surface area contributed by atoms with Crippen LogP contribution in [0.1, 0.15) is 46.0 Å². The van der Waals surface area contributed by atoms with Crippen LogP contribution in [0.15, 0.2) is 0 Å². The van der Waals surface area contributed by atoms with Gasteiger partial charge in [0, 0.05) is 12.8 Å². The number of aliphatic hydroxyl groups is 1. The first-order valence-corrected chi connectivity index (χ1v) is 10.4. The van der Waals surface area contributed by atoms with Crippen molar-refractivity contribution in [2.75, 3.05) is 6.61 Å². The van der Waals surface area contributed by atoms with E-state index in [-0.39, 0.29) is 25.7 Å². The van der Waals surface area contributed by atoms with Crippen LogP contribution in [-0.2, 0) is 28.8 Å². The number of carboxylic acids is 1. The number of aliphatic hydroxyl groups excluding tert-OH is 1. The van der Waals surface area contributed by atoms with Gasteiger partial charge in [-0.25, -0.2) is 4.79 Å². The molecule has 11 N–H and O–H groups in total. The molecule has 0 aromatic rings. The summed E-state index contributed by atoms with van der Waals surface area (Å²) in [5.74, 6) is -5.74. The normalized spacial score (nSPS) is 15.3. The quantitative estimate of drug-likeness (QED) is 0.110. The third-order valence-corrected chi connectivity index (χ3v) is 4.94. The zero-order chi connectivity index (χ0) is 25.7. The van der Waals surface area contributed by atoms with E-state index in [0.717, 1.165) is 0 Å². The highest BCUT2D eigenvalue weighted by atomic mass is 16.4. The van der Waals surface area contributed by atoms with Crippen LogP contribution in [0.3, 0.4) is 0 Å². The van der Waals surface area contributed by atoms with Crippen LogP contribution in [0.25, 0.3) is 0 Å².